The normalized spacial score (nSPS) is 11.1. The van der Waals surface area contributed by atoms with Gasteiger partial charge in [-0.2, -0.15) is 5.10 Å². The summed E-state index contributed by atoms with van der Waals surface area (Å²) in [6, 6.07) is 16.6. The zero-order chi connectivity index (χ0) is 25.8. The first-order chi connectivity index (χ1) is 18.1. The number of aromatic nitrogens is 4. The van der Waals surface area contributed by atoms with E-state index in [1.54, 1.807) is 49.2 Å². The topological polar surface area (TPSA) is 112 Å². The van der Waals surface area contributed by atoms with Crippen molar-refractivity contribution in [3.63, 3.8) is 0 Å². The second-order valence-corrected chi connectivity index (χ2v) is 8.35. The summed E-state index contributed by atoms with van der Waals surface area (Å²) < 4.78 is 14.2. The molecule has 0 radical (unpaired) electrons. The maximum absolute atomic E-state index is 13.2. The number of nitrogens with zero attached hydrogens (tertiary/aromatic N) is 4. The molecule has 0 aliphatic heterocycles. The van der Waals surface area contributed by atoms with Gasteiger partial charge in [0, 0.05) is 37.4 Å². The Labute approximate surface area is 212 Å². The van der Waals surface area contributed by atoms with E-state index in [1.807, 2.05) is 41.1 Å². The highest BCUT2D eigenvalue weighted by molar-refractivity contribution is 6.08. The van der Waals surface area contributed by atoms with Gasteiger partial charge in [-0.05, 0) is 35.9 Å². The number of ether oxygens (including phenoxy) is 2. The van der Waals surface area contributed by atoms with Crippen LogP contribution in [0.2, 0.25) is 0 Å². The molecular formula is C27H26N6O4. The minimum Gasteiger partial charge on any atom is -0.491 e. The van der Waals surface area contributed by atoms with Crippen LogP contribution in [0.25, 0.3) is 16.6 Å². The lowest BCUT2D eigenvalue weighted by Crippen LogP contribution is -2.18. The highest BCUT2D eigenvalue weighted by atomic mass is 16.5. The minimum atomic E-state index is -0.293. The van der Waals surface area contributed by atoms with Crippen LogP contribution in [-0.4, -0.2) is 58.4 Å². The lowest BCUT2D eigenvalue weighted by Gasteiger charge is -2.09. The van der Waals surface area contributed by atoms with Gasteiger partial charge in [0.15, 0.2) is 0 Å². The summed E-state index contributed by atoms with van der Waals surface area (Å²) >= 11 is 0. The van der Waals surface area contributed by atoms with E-state index in [0.717, 1.165) is 16.5 Å². The fraction of sp³-hybridized carbons (Fsp3) is 0.185. The van der Waals surface area contributed by atoms with Crippen LogP contribution in [0.5, 0.6) is 5.75 Å². The molecule has 0 spiro atoms. The van der Waals surface area contributed by atoms with Crippen molar-refractivity contribution in [2.24, 2.45) is 0 Å². The summed E-state index contributed by atoms with van der Waals surface area (Å²) in [6.07, 6.45) is 5.02. The van der Waals surface area contributed by atoms with Gasteiger partial charge in [-0.3, -0.25) is 18.7 Å². The third kappa shape index (κ3) is 5.00. The number of pyridine rings is 1. The molecule has 2 amide bonds. The number of nitrogens with one attached hydrogen (secondary N) is 2. The van der Waals surface area contributed by atoms with Gasteiger partial charge in [0.05, 0.1) is 36.7 Å². The van der Waals surface area contributed by atoms with E-state index in [1.165, 1.54) is 6.20 Å². The zero-order valence-corrected chi connectivity index (χ0v) is 20.5. The molecule has 2 N–H and O–H groups in total. The first kappa shape index (κ1) is 24.0. The van der Waals surface area contributed by atoms with Crippen molar-refractivity contribution in [3.05, 3.63) is 90.0 Å². The number of fused-ring (bicyclic) bond motifs is 2. The molecule has 0 aliphatic carbocycles. The van der Waals surface area contributed by atoms with Crippen molar-refractivity contribution in [2.45, 2.75) is 6.54 Å². The molecule has 0 atom stereocenters. The van der Waals surface area contributed by atoms with Crippen LogP contribution in [0.1, 0.15) is 26.4 Å². The van der Waals surface area contributed by atoms with E-state index >= 15 is 0 Å². The minimum absolute atomic E-state index is 0.139. The number of hydrogen-bond acceptors (Lipinski definition) is 6. The Kier molecular flexibility index (Phi) is 6.82. The number of anilines is 1. The van der Waals surface area contributed by atoms with Crippen molar-refractivity contribution in [3.8, 4) is 5.75 Å². The Bertz CT molecular complexity index is 1590. The monoisotopic (exact) mass is 498 g/mol. The van der Waals surface area contributed by atoms with Gasteiger partial charge < -0.3 is 20.1 Å². The number of hydrogen-bond donors (Lipinski definition) is 2. The molecule has 0 aliphatic rings. The SMILES string of the molecule is CNC(=O)c1cccc(Cn2ncc3c(NC(=O)c4cnc5cc(OCCOC)ccn45)cccc32)c1. The van der Waals surface area contributed by atoms with Crippen LogP contribution < -0.4 is 15.4 Å². The van der Waals surface area contributed by atoms with Crippen LogP contribution in [0, 0.1) is 0 Å². The van der Waals surface area contributed by atoms with E-state index < -0.39 is 0 Å². The molecule has 3 heterocycles. The van der Waals surface area contributed by atoms with Crippen LogP contribution >= 0.6 is 0 Å². The molecule has 3 aromatic heterocycles. The third-order valence-corrected chi connectivity index (χ3v) is 5.96. The molecule has 37 heavy (non-hydrogen) atoms. The predicted octanol–water partition coefficient (Wildman–Crippen LogP) is 3.37. The molecule has 0 saturated heterocycles. The van der Waals surface area contributed by atoms with Crippen LogP contribution in [0.4, 0.5) is 5.69 Å². The Hall–Kier alpha value is -4.70. The fourth-order valence-electron chi connectivity index (χ4n) is 4.12. The number of methoxy groups -OCH3 is 1. The van der Waals surface area contributed by atoms with E-state index in [2.05, 4.69) is 20.7 Å². The molecule has 5 aromatic rings. The number of benzene rings is 2. The summed E-state index contributed by atoms with van der Waals surface area (Å²) in [4.78, 5) is 29.5. The van der Waals surface area contributed by atoms with Gasteiger partial charge in [-0.25, -0.2) is 4.98 Å². The van der Waals surface area contributed by atoms with E-state index in [-0.39, 0.29) is 11.8 Å². The Morgan fingerprint density at radius 1 is 1.00 bits per heavy atom. The smallest absolute Gasteiger partial charge is 0.274 e. The molecule has 10 nitrogen and oxygen atoms in total. The second-order valence-electron chi connectivity index (χ2n) is 8.35. The maximum atomic E-state index is 13.2. The summed E-state index contributed by atoms with van der Waals surface area (Å²) in [7, 11) is 3.22. The lowest BCUT2D eigenvalue weighted by molar-refractivity contribution is 0.0962. The quantitative estimate of drug-likeness (QED) is 0.302. The Morgan fingerprint density at radius 3 is 2.70 bits per heavy atom. The fourth-order valence-corrected chi connectivity index (χ4v) is 4.12. The lowest BCUT2D eigenvalue weighted by atomic mass is 10.1. The van der Waals surface area contributed by atoms with Gasteiger partial charge in [0.1, 0.15) is 23.7 Å². The summed E-state index contributed by atoms with van der Waals surface area (Å²) in [6.45, 7) is 1.39. The summed E-state index contributed by atoms with van der Waals surface area (Å²) in [5.41, 5.74) is 4.03. The van der Waals surface area contributed by atoms with Crippen LogP contribution in [0.15, 0.2) is 73.2 Å². The largest absolute Gasteiger partial charge is 0.491 e. The molecule has 0 saturated carbocycles. The molecule has 0 bridgehead atoms. The maximum Gasteiger partial charge on any atom is 0.274 e. The van der Waals surface area contributed by atoms with E-state index in [9.17, 15) is 9.59 Å². The molecule has 10 heteroatoms. The number of rotatable bonds is 9. The molecule has 188 valence electrons. The van der Waals surface area contributed by atoms with Gasteiger partial charge in [0.2, 0.25) is 0 Å². The van der Waals surface area contributed by atoms with Crippen molar-refractivity contribution in [1.29, 1.82) is 0 Å². The number of amides is 2. The number of imidazole rings is 1. The van der Waals surface area contributed by atoms with Crippen LogP contribution in [0.3, 0.4) is 0 Å². The standard InChI is InChI=1S/C27H26N6O4/c1-28-26(34)19-6-3-5-18(13-19)17-33-23-8-4-7-22(21(23)15-30-33)31-27(35)24-16-29-25-14-20(9-10-32(24)25)37-12-11-36-2/h3-10,13-16H,11-12,17H2,1-2H3,(H,28,34)(H,31,35). The van der Waals surface area contributed by atoms with Crippen molar-refractivity contribution < 1.29 is 19.1 Å². The number of carbonyl (C=O) groups is 2. The van der Waals surface area contributed by atoms with Crippen molar-refractivity contribution in [1.82, 2.24) is 24.5 Å². The Balaban J connectivity index is 1.36. The average Bonchev–Trinajstić information content (AvgIpc) is 3.53. The van der Waals surface area contributed by atoms with Crippen LogP contribution in [-0.2, 0) is 11.3 Å². The van der Waals surface area contributed by atoms with Crippen molar-refractivity contribution in [2.75, 3.05) is 32.7 Å². The summed E-state index contributed by atoms with van der Waals surface area (Å²) in [5.74, 6) is 0.221. The van der Waals surface area contributed by atoms with E-state index in [0.29, 0.717) is 48.1 Å². The second kappa shape index (κ2) is 10.5. The van der Waals surface area contributed by atoms with Crippen molar-refractivity contribution >= 4 is 34.1 Å². The number of carbonyl (C=O) groups excluding carboxylic acids is 2. The molecule has 0 unspecified atom stereocenters. The van der Waals surface area contributed by atoms with Gasteiger partial charge in [0.25, 0.3) is 11.8 Å². The molecular weight excluding hydrogens is 472 g/mol. The highest BCUT2D eigenvalue weighted by Crippen LogP contribution is 2.25. The molecule has 2 aromatic carbocycles. The first-order valence-corrected chi connectivity index (χ1v) is 11.7. The van der Waals surface area contributed by atoms with Gasteiger partial charge in [-0.1, -0.05) is 18.2 Å². The first-order valence-electron chi connectivity index (χ1n) is 11.7. The predicted molar refractivity (Wildman–Crippen MR) is 139 cm³/mol. The average molecular weight is 499 g/mol. The van der Waals surface area contributed by atoms with Gasteiger partial charge >= 0.3 is 0 Å². The zero-order valence-electron chi connectivity index (χ0n) is 20.5. The summed E-state index contributed by atoms with van der Waals surface area (Å²) in [5, 5.41) is 11.0. The Morgan fingerprint density at radius 2 is 1.86 bits per heavy atom. The molecule has 0 fully saturated rings. The van der Waals surface area contributed by atoms with E-state index in [4.69, 9.17) is 9.47 Å². The molecule has 5 rings (SSSR count). The third-order valence-electron chi connectivity index (χ3n) is 5.96. The van der Waals surface area contributed by atoms with Gasteiger partial charge in [-0.15, -0.1) is 0 Å². The highest BCUT2D eigenvalue weighted by Gasteiger charge is 2.16.